The summed E-state index contributed by atoms with van der Waals surface area (Å²) in [6, 6.07) is 9.91. The monoisotopic (exact) mass is 493 g/mol. The maximum atomic E-state index is 15.0. The lowest BCUT2D eigenvalue weighted by molar-refractivity contribution is -0.129. The van der Waals surface area contributed by atoms with E-state index in [2.05, 4.69) is 15.2 Å². The number of cyclic esters (lactones) is 1. The molecule has 12 heteroatoms. The molecule has 4 heterocycles. The number of hydrogen-bond donors (Lipinski definition) is 1. The van der Waals surface area contributed by atoms with Gasteiger partial charge < -0.3 is 19.9 Å². The van der Waals surface area contributed by atoms with Crippen LogP contribution in [0.1, 0.15) is 12.2 Å². The van der Waals surface area contributed by atoms with E-state index >= 15 is 4.39 Å². The van der Waals surface area contributed by atoms with Crippen molar-refractivity contribution in [3.63, 3.8) is 0 Å². The normalized spacial score (nSPS) is 17.6. The van der Waals surface area contributed by atoms with Gasteiger partial charge in [0.2, 0.25) is 0 Å². The second-order valence-electron chi connectivity index (χ2n) is 8.35. The summed E-state index contributed by atoms with van der Waals surface area (Å²) >= 11 is 0. The lowest BCUT2D eigenvalue weighted by Gasteiger charge is -2.27. The van der Waals surface area contributed by atoms with Crippen LogP contribution in [0, 0.1) is 5.82 Å². The molecule has 2 amide bonds. The number of aryl methyl sites for hydroxylation is 1. The first kappa shape index (κ1) is 23.4. The van der Waals surface area contributed by atoms with Crippen molar-refractivity contribution in [3.05, 3.63) is 60.4 Å². The summed E-state index contributed by atoms with van der Waals surface area (Å²) in [6.07, 6.45) is 5.00. The molecule has 0 spiro atoms. The largest absolute Gasteiger partial charge is 0.444 e. The average molecular weight is 493 g/mol. The van der Waals surface area contributed by atoms with Gasteiger partial charge in [0.1, 0.15) is 29.8 Å². The molecule has 11 nitrogen and oxygen atoms in total. The number of halogens is 1. The zero-order valence-electron chi connectivity index (χ0n) is 19.3. The minimum Gasteiger partial charge on any atom is -0.444 e. The van der Waals surface area contributed by atoms with Gasteiger partial charge in [-0.05, 0) is 36.8 Å². The van der Waals surface area contributed by atoms with Crippen LogP contribution in [0.4, 0.5) is 20.7 Å². The van der Waals surface area contributed by atoms with Crippen molar-refractivity contribution in [1.82, 2.24) is 15.1 Å². The van der Waals surface area contributed by atoms with Gasteiger partial charge in [-0.1, -0.05) is 5.16 Å². The molecule has 0 radical (unpaired) electrons. The molecule has 0 bridgehead atoms. The lowest BCUT2D eigenvalue weighted by Crippen LogP contribution is -2.43. The predicted molar refractivity (Wildman–Crippen MR) is 129 cm³/mol. The van der Waals surface area contributed by atoms with Crippen LogP contribution in [0.25, 0.3) is 11.1 Å². The van der Waals surface area contributed by atoms with Crippen molar-refractivity contribution in [1.29, 1.82) is 0 Å². The first-order valence-corrected chi connectivity index (χ1v) is 11.5. The summed E-state index contributed by atoms with van der Waals surface area (Å²) in [6.45, 7) is 1.13. The Labute approximate surface area is 205 Å². The van der Waals surface area contributed by atoms with Crippen LogP contribution in [0.2, 0.25) is 0 Å². The molecule has 0 aliphatic carbocycles. The van der Waals surface area contributed by atoms with Gasteiger partial charge in [-0.25, -0.2) is 19.2 Å². The molecular weight excluding hydrogens is 469 g/mol. The number of nitrogens with zero attached hydrogens (tertiary/aromatic N) is 6. The number of carbonyl (C=O) groups is 2. The minimum absolute atomic E-state index is 0.0993. The molecular formula is C24H24FN7O4. The molecule has 0 unspecified atom stereocenters. The molecule has 186 valence electrons. The molecule has 5 rings (SSSR count). The number of anilines is 2. The van der Waals surface area contributed by atoms with Crippen molar-refractivity contribution in [3.8, 4) is 11.1 Å². The maximum absolute atomic E-state index is 15.0. The SMILES string of the molecule is NCC(=O)N1CCN(c2ccc(-c3ccc(N4C[C@H](CCc5ccno5)OC4=O)cc3F)cn2)C=N1. The van der Waals surface area contributed by atoms with E-state index in [0.29, 0.717) is 55.1 Å². The van der Waals surface area contributed by atoms with E-state index in [4.69, 9.17) is 15.0 Å². The quantitative estimate of drug-likeness (QED) is 0.531. The van der Waals surface area contributed by atoms with Gasteiger partial charge in [-0.15, -0.1) is 0 Å². The Morgan fingerprint density at radius 1 is 1.19 bits per heavy atom. The highest BCUT2D eigenvalue weighted by Crippen LogP contribution is 2.30. The highest BCUT2D eigenvalue weighted by Gasteiger charge is 2.32. The second-order valence-corrected chi connectivity index (χ2v) is 8.35. The average Bonchev–Trinajstić information content (AvgIpc) is 3.56. The molecule has 2 aliphatic heterocycles. The van der Waals surface area contributed by atoms with E-state index in [0.717, 1.165) is 5.76 Å². The van der Waals surface area contributed by atoms with Gasteiger partial charge in [-0.3, -0.25) is 9.69 Å². The molecule has 0 saturated carbocycles. The van der Waals surface area contributed by atoms with E-state index in [1.54, 1.807) is 47.6 Å². The van der Waals surface area contributed by atoms with Crippen LogP contribution in [0.15, 0.2) is 58.4 Å². The summed E-state index contributed by atoms with van der Waals surface area (Å²) in [5, 5.41) is 9.07. The number of aromatic nitrogens is 2. The molecule has 2 aliphatic rings. The van der Waals surface area contributed by atoms with E-state index in [9.17, 15) is 9.59 Å². The Kier molecular flexibility index (Phi) is 6.58. The predicted octanol–water partition coefficient (Wildman–Crippen LogP) is 2.38. The number of hydrogen-bond acceptors (Lipinski definition) is 9. The molecule has 1 aromatic carbocycles. The molecule has 2 N–H and O–H groups in total. The Balaban J connectivity index is 1.24. The smallest absolute Gasteiger partial charge is 0.414 e. The summed E-state index contributed by atoms with van der Waals surface area (Å²) < 4.78 is 25.6. The zero-order chi connectivity index (χ0) is 25.1. The Bertz CT molecular complexity index is 1270. The van der Waals surface area contributed by atoms with Crippen LogP contribution in [0.3, 0.4) is 0 Å². The van der Waals surface area contributed by atoms with Crippen molar-refractivity contribution in [2.75, 3.05) is 36.0 Å². The van der Waals surface area contributed by atoms with Crippen molar-refractivity contribution in [2.24, 2.45) is 10.8 Å². The van der Waals surface area contributed by atoms with Crippen LogP contribution >= 0.6 is 0 Å². The number of pyridine rings is 1. The third-order valence-electron chi connectivity index (χ3n) is 6.04. The maximum Gasteiger partial charge on any atom is 0.414 e. The van der Waals surface area contributed by atoms with Gasteiger partial charge >= 0.3 is 6.09 Å². The van der Waals surface area contributed by atoms with Crippen LogP contribution in [-0.2, 0) is 16.0 Å². The number of rotatable bonds is 7. The van der Waals surface area contributed by atoms with Crippen molar-refractivity contribution in [2.45, 2.75) is 18.9 Å². The molecule has 1 fully saturated rings. The van der Waals surface area contributed by atoms with Crippen LogP contribution in [-0.4, -0.2) is 65.8 Å². The number of benzene rings is 1. The third kappa shape index (κ3) is 4.89. The van der Waals surface area contributed by atoms with Crippen molar-refractivity contribution < 1.29 is 23.2 Å². The van der Waals surface area contributed by atoms with Crippen molar-refractivity contribution >= 4 is 29.8 Å². The van der Waals surface area contributed by atoms with E-state index in [1.165, 1.54) is 22.3 Å². The first-order valence-electron chi connectivity index (χ1n) is 11.5. The van der Waals surface area contributed by atoms with E-state index in [1.807, 2.05) is 0 Å². The van der Waals surface area contributed by atoms with E-state index in [-0.39, 0.29) is 18.6 Å². The number of ether oxygens (including phenoxy) is 1. The standard InChI is InChI=1S/C24H24FN7O4/c25-21-11-17(31-14-19(35-24(31)34)4-3-18-7-8-29-36-18)2-5-20(21)16-1-6-22(27-13-16)30-9-10-32(28-15-30)23(33)12-26/h1-2,5-8,11,13,15,19H,3-4,9-10,12,14,26H2/t19-/m0/s1. The summed E-state index contributed by atoms with van der Waals surface area (Å²) in [4.78, 5) is 31.6. The fraction of sp³-hybridized carbons (Fsp3) is 0.292. The number of nitrogens with two attached hydrogens (primary N) is 1. The lowest BCUT2D eigenvalue weighted by atomic mass is 10.1. The third-order valence-corrected chi connectivity index (χ3v) is 6.04. The summed E-state index contributed by atoms with van der Waals surface area (Å²) in [5.41, 5.74) is 6.74. The van der Waals surface area contributed by atoms with Gasteiger partial charge in [0.25, 0.3) is 5.91 Å². The topological polar surface area (TPSA) is 130 Å². The fourth-order valence-corrected chi connectivity index (χ4v) is 4.09. The fourth-order valence-electron chi connectivity index (χ4n) is 4.09. The van der Waals surface area contributed by atoms with Gasteiger partial charge in [0, 0.05) is 36.4 Å². The van der Waals surface area contributed by atoms with E-state index < -0.39 is 11.9 Å². The summed E-state index contributed by atoms with van der Waals surface area (Å²) in [7, 11) is 0. The Hall–Kier alpha value is -4.32. The molecule has 3 aromatic rings. The number of hydrazone groups is 1. The highest BCUT2D eigenvalue weighted by molar-refractivity contribution is 5.90. The van der Waals surface area contributed by atoms with Gasteiger partial charge in [0.15, 0.2) is 0 Å². The Morgan fingerprint density at radius 3 is 2.75 bits per heavy atom. The van der Waals surface area contributed by atoms with Crippen LogP contribution < -0.4 is 15.5 Å². The molecule has 36 heavy (non-hydrogen) atoms. The number of carbonyl (C=O) groups excluding carboxylic acids is 2. The first-order chi connectivity index (χ1) is 17.5. The molecule has 2 aromatic heterocycles. The van der Waals surface area contributed by atoms with Crippen LogP contribution in [0.5, 0.6) is 0 Å². The highest BCUT2D eigenvalue weighted by atomic mass is 19.1. The van der Waals surface area contributed by atoms with Gasteiger partial charge in [-0.2, -0.15) is 5.10 Å². The molecule has 1 saturated heterocycles. The number of amides is 2. The van der Waals surface area contributed by atoms with Gasteiger partial charge in [0.05, 0.1) is 31.5 Å². The summed E-state index contributed by atoms with van der Waals surface area (Å²) in [5.74, 6) is 0.610. The second kappa shape index (κ2) is 10.1. The minimum atomic E-state index is -0.509. The Morgan fingerprint density at radius 2 is 2.08 bits per heavy atom. The molecule has 1 atom stereocenters. The zero-order valence-corrected chi connectivity index (χ0v) is 19.3.